The highest BCUT2D eigenvalue weighted by atomic mass is 15.1. The lowest BCUT2D eigenvalue weighted by molar-refractivity contribution is 0.191. The van der Waals surface area contributed by atoms with E-state index >= 15 is 0 Å². The van der Waals surface area contributed by atoms with Gasteiger partial charge in [-0.15, -0.1) is 0 Å². The molecule has 15 heavy (non-hydrogen) atoms. The van der Waals surface area contributed by atoms with Gasteiger partial charge in [-0.25, -0.2) is 0 Å². The van der Waals surface area contributed by atoms with Crippen molar-refractivity contribution < 1.29 is 0 Å². The van der Waals surface area contributed by atoms with Gasteiger partial charge in [-0.05, 0) is 50.7 Å². The van der Waals surface area contributed by atoms with Crippen molar-refractivity contribution in [3.8, 4) is 0 Å². The molecule has 1 fully saturated rings. The monoisotopic (exact) mass is 205 g/mol. The zero-order valence-corrected chi connectivity index (χ0v) is 9.32. The Kier molecular flexibility index (Phi) is 3.03. The first kappa shape index (κ1) is 10.6. The zero-order valence-electron chi connectivity index (χ0n) is 9.32. The van der Waals surface area contributed by atoms with E-state index in [4.69, 9.17) is 5.73 Å². The molecule has 1 saturated heterocycles. The molecule has 0 radical (unpaired) electrons. The Morgan fingerprint density at radius 2 is 1.93 bits per heavy atom. The van der Waals surface area contributed by atoms with Gasteiger partial charge in [-0.2, -0.15) is 0 Å². The van der Waals surface area contributed by atoms with E-state index in [1.165, 1.54) is 5.56 Å². The predicted molar refractivity (Wildman–Crippen MR) is 61.7 cm³/mol. The standard InChI is InChI=1S/C12H19N3/c1-15-8-4-12(10-13,5-9-15)11-2-6-14-7-3-11/h2-3,6-7H,4-5,8-10,13H2,1H3. The van der Waals surface area contributed by atoms with Crippen LogP contribution in [-0.2, 0) is 5.41 Å². The summed E-state index contributed by atoms with van der Waals surface area (Å²) in [7, 11) is 2.17. The molecule has 82 valence electrons. The molecule has 0 atom stereocenters. The highest BCUT2D eigenvalue weighted by Gasteiger charge is 2.33. The summed E-state index contributed by atoms with van der Waals surface area (Å²) in [4.78, 5) is 6.44. The minimum absolute atomic E-state index is 0.190. The molecule has 2 N–H and O–H groups in total. The average molecular weight is 205 g/mol. The van der Waals surface area contributed by atoms with Crippen LogP contribution in [0.2, 0.25) is 0 Å². The van der Waals surface area contributed by atoms with Gasteiger partial charge in [0.1, 0.15) is 0 Å². The van der Waals surface area contributed by atoms with Gasteiger partial charge in [0.15, 0.2) is 0 Å². The Balaban J connectivity index is 2.23. The summed E-state index contributed by atoms with van der Waals surface area (Å²) in [5.74, 6) is 0. The maximum absolute atomic E-state index is 5.98. The molecule has 3 nitrogen and oxygen atoms in total. The molecule has 0 amide bonds. The third-order valence-electron chi connectivity index (χ3n) is 3.63. The van der Waals surface area contributed by atoms with Crippen LogP contribution in [0.3, 0.4) is 0 Å². The van der Waals surface area contributed by atoms with Crippen LogP contribution in [-0.4, -0.2) is 36.6 Å². The van der Waals surface area contributed by atoms with Gasteiger partial charge in [0.2, 0.25) is 0 Å². The largest absolute Gasteiger partial charge is 0.330 e. The molecule has 0 aromatic carbocycles. The molecule has 3 heteroatoms. The summed E-state index contributed by atoms with van der Waals surface area (Å²) in [6, 6.07) is 4.22. The second kappa shape index (κ2) is 4.29. The molecular formula is C12H19N3. The van der Waals surface area contributed by atoms with E-state index in [-0.39, 0.29) is 5.41 Å². The first-order valence-corrected chi connectivity index (χ1v) is 5.56. The molecule has 2 heterocycles. The molecule has 1 aromatic heterocycles. The summed E-state index contributed by atoms with van der Waals surface area (Å²) in [6.07, 6.45) is 6.05. The molecular weight excluding hydrogens is 186 g/mol. The molecule has 0 bridgehead atoms. The van der Waals surface area contributed by atoms with Crippen molar-refractivity contribution in [3.63, 3.8) is 0 Å². The lowest BCUT2D eigenvalue weighted by atomic mass is 9.73. The van der Waals surface area contributed by atoms with Crippen LogP contribution in [0, 0.1) is 0 Å². The number of piperidine rings is 1. The van der Waals surface area contributed by atoms with Crippen LogP contribution in [0.25, 0.3) is 0 Å². The molecule has 0 spiro atoms. The summed E-state index contributed by atoms with van der Waals surface area (Å²) >= 11 is 0. The van der Waals surface area contributed by atoms with Crippen molar-refractivity contribution in [2.45, 2.75) is 18.3 Å². The fourth-order valence-corrected chi connectivity index (χ4v) is 2.36. The van der Waals surface area contributed by atoms with Crippen LogP contribution < -0.4 is 5.73 Å². The number of aromatic nitrogens is 1. The predicted octanol–water partition coefficient (Wildman–Crippen LogP) is 1.00. The number of nitrogens with two attached hydrogens (primary N) is 1. The summed E-state index contributed by atoms with van der Waals surface area (Å²) in [6.45, 7) is 3.02. The van der Waals surface area contributed by atoms with Gasteiger partial charge in [0.25, 0.3) is 0 Å². The Morgan fingerprint density at radius 3 is 2.47 bits per heavy atom. The maximum atomic E-state index is 5.98. The first-order chi connectivity index (χ1) is 7.27. The minimum atomic E-state index is 0.190. The molecule has 0 aliphatic carbocycles. The fraction of sp³-hybridized carbons (Fsp3) is 0.583. The normalized spacial score (nSPS) is 21.5. The van der Waals surface area contributed by atoms with Gasteiger partial charge in [0, 0.05) is 24.4 Å². The number of pyridine rings is 1. The van der Waals surface area contributed by atoms with Crippen LogP contribution in [0.1, 0.15) is 18.4 Å². The SMILES string of the molecule is CN1CCC(CN)(c2ccncc2)CC1. The molecule has 0 unspecified atom stereocenters. The third kappa shape index (κ3) is 2.03. The lowest BCUT2D eigenvalue weighted by Crippen LogP contribution is -2.45. The Morgan fingerprint density at radius 1 is 1.33 bits per heavy atom. The van der Waals surface area contributed by atoms with Crippen molar-refractivity contribution >= 4 is 0 Å². The molecule has 2 rings (SSSR count). The Labute approximate surface area is 91.3 Å². The average Bonchev–Trinajstić information content (AvgIpc) is 2.32. The van der Waals surface area contributed by atoms with E-state index in [1.54, 1.807) is 0 Å². The van der Waals surface area contributed by atoms with Crippen LogP contribution in [0.15, 0.2) is 24.5 Å². The maximum Gasteiger partial charge on any atom is 0.0270 e. The van der Waals surface area contributed by atoms with Crippen LogP contribution in [0.4, 0.5) is 0 Å². The van der Waals surface area contributed by atoms with E-state index in [1.807, 2.05) is 12.4 Å². The van der Waals surface area contributed by atoms with E-state index < -0.39 is 0 Å². The summed E-state index contributed by atoms with van der Waals surface area (Å²) in [5, 5.41) is 0. The van der Waals surface area contributed by atoms with Crippen LogP contribution in [0.5, 0.6) is 0 Å². The van der Waals surface area contributed by atoms with Crippen molar-refractivity contribution in [1.82, 2.24) is 9.88 Å². The summed E-state index contributed by atoms with van der Waals surface area (Å²) < 4.78 is 0. The lowest BCUT2D eigenvalue weighted by Gasteiger charge is -2.40. The number of nitrogens with zero attached hydrogens (tertiary/aromatic N) is 2. The van der Waals surface area contributed by atoms with E-state index in [2.05, 4.69) is 29.1 Å². The van der Waals surface area contributed by atoms with Gasteiger partial charge in [-0.1, -0.05) is 0 Å². The highest BCUT2D eigenvalue weighted by Crippen LogP contribution is 2.33. The molecule has 1 aliphatic heterocycles. The number of likely N-dealkylation sites (tertiary alicyclic amines) is 1. The number of rotatable bonds is 2. The summed E-state index contributed by atoms with van der Waals surface area (Å²) in [5.41, 5.74) is 7.52. The quantitative estimate of drug-likeness (QED) is 0.783. The van der Waals surface area contributed by atoms with E-state index in [9.17, 15) is 0 Å². The fourth-order valence-electron chi connectivity index (χ4n) is 2.36. The van der Waals surface area contributed by atoms with Crippen molar-refractivity contribution in [2.75, 3.05) is 26.7 Å². The third-order valence-corrected chi connectivity index (χ3v) is 3.63. The number of hydrogen-bond donors (Lipinski definition) is 1. The molecule has 1 aromatic rings. The van der Waals surface area contributed by atoms with Crippen molar-refractivity contribution in [3.05, 3.63) is 30.1 Å². The topological polar surface area (TPSA) is 42.1 Å². The zero-order chi connectivity index (χ0) is 10.7. The van der Waals surface area contributed by atoms with Crippen molar-refractivity contribution in [1.29, 1.82) is 0 Å². The number of hydrogen-bond acceptors (Lipinski definition) is 3. The molecule has 1 aliphatic rings. The second-order valence-electron chi connectivity index (χ2n) is 4.52. The van der Waals surface area contributed by atoms with Crippen LogP contribution >= 0.6 is 0 Å². The van der Waals surface area contributed by atoms with Gasteiger partial charge in [-0.3, -0.25) is 4.98 Å². The first-order valence-electron chi connectivity index (χ1n) is 5.56. The van der Waals surface area contributed by atoms with Crippen molar-refractivity contribution in [2.24, 2.45) is 5.73 Å². The van der Waals surface area contributed by atoms with Gasteiger partial charge >= 0.3 is 0 Å². The van der Waals surface area contributed by atoms with Gasteiger partial charge in [0.05, 0.1) is 0 Å². The molecule has 0 saturated carbocycles. The second-order valence-corrected chi connectivity index (χ2v) is 4.52. The van der Waals surface area contributed by atoms with Gasteiger partial charge < -0.3 is 10.6 Å². The van der Waals surface area contributed by atoms with E-state index in [0.29, 0.717) is 0 Å². The van der Waals surface area contributed by atoms with E-state index in [0.717, 1.165) is 32.5 Å². The minimum Gasteiger partial charge on any atom is -0.330 e. The smallest absolute Gasteiger partial charge is 0.0270 e. The Hall–Kier alpha value is -0.930. The highest BCUT2D eigenvalue weighted by molar-refractivity contribution is 5.24. The Bertz CT molecular complexity index is 302.